The molecule has 0 amide bonds. The van der Waals surface area contributed by atoms with Crippen LogP contribution in [0.1, 0.15) is 29.5 Å². The number of hydrogen-bond donors (Lipinski definition) is 2. The molecule has 0 aliphatic carbocycles. The van der Waals surface area contributed by atoms with Crippen molar-refractivity contribution >= 4 is 10.0 Å². The van der Waals surface area contributed by atoms with E-state index in [4.69, 9.17) is 4.74 Å². The van der Waals surface area contributed by atoms with Gasteiger partial charge >= 0.3 is 0 Å². The van der Waals surface area contributed by atoms with Gasteiger partial charge in [0.15, 0.2) is 0 Å². The summed E-state index contributed by atoms with van der Waals surface area (Å²) in [7, 11) is 0.0364. The summed E-state index contributed by atoms with van der Waals surface area (Å²) in [6, 6.07) is 3.69. The second kappa shape index (κ2) is 8.48. The quantitative estimate of drug-likeness (QED) is 0.681. The van der Waals surface area contributed by atoms with Gasteiger partial charge in [0.1, 0.15) is 0 Å². The van der Waals surface area contributed by atoms with Crippen molar-refractivity contribution in [3.8, 4) is 0 Å². The summed E-state index contributed by atoms with van der Waals surface area (Å²) >= 11 is 0. The third-order valence-electron chi connectivity index (χ3n) is 3.36. The van der Waals surface area contributed by atoms with Crippen LogP contribution in [-0.4, -0.2) is 35.7 Å². The van der Waals surface area contributed by atoms with E-state index < -0.39 is 10.0 Å². The van der Waals surface area contributed by atoms with E-state index in [9.17, 15) is 8.42 Å². The van der Waals surface area contributed by atoms with Crippen LogP contribution in [0.2, 0.25) is 0 Å². The molecule has 120 valence electrons. The zero-order valence-corrected chi connectivity index (χ0v) is 14.1. The lowest BCUT2D eigenvalue weighted by molar-refractivity contribution is 0.193. The average molecular weight is 314 g/mol. The maximum atomic E-state index is 12.4. The molecule has 0 spiro atoms. The van der Waals surface area contributed by atoms with Crippen LogP contribution in [0.4, 0.5) is 0 Å². The summed E-state index contributed by atoms with van der Waals surface area (Å²) in [6.45, 7) is 5.56. The highest BCUT2D eigenvalue weighted by molar-refractivity contribution is 7.89. The van der Waals surface area contributed by atoms with E-state index in [-0.39, 0.29) is 0 Å². The van der Waals surface area contributed by atoms with Gasteiger partial charge < -0.3 is 10.1 Å². The first-order valence-electron chi connectivity index (χ1n) is 7.15. The minimum absolute atomic E-state index is 0.366. The highest BCUT2D eigenvalue weighted by Gasteiger charge is 2.17. The molecule has 1 rings (SSSR count). The van der Waals surface area contributed by atoms with E-state index >= 15 is 0 Å². The van der Waals surface area contributed by atoms with Crippen molar-refractivity contribution in [3.05, 3.63) is 28.8 Å². The Morgan fingerprint density at radius 2 is 1.86 bits per heavy atom. The SMILES string of the molecule is CNCc1cc(S(=O)(=O)NCCCCOC)c(C)cc1C. The van der Waals surface area contributed by atoms with Crippen molar-refractivity contribution in [2.75, 3.05) is 27.3 Å². The minimum atomic E-state index is -3.45. The molecule has 6 heteroatoms. The second-order valence-corrected chi connectivity index (χ2v) is 6.91. The predicted molar refractivity (Wildman–Crippen MR) is 85.0 cm³/mol. The van der Waals surface area contributed by atoms with Gasteiger partial charge in [0, 0.05) is 26.8 Å². The molecule has 5 nitrogen and oxygen atoms in total. The normalized spacial score (nSPS) is 11.8. The van der Waals surface area contributed by atoms with E-state index in [1.807, 2.05) is 27.0 Å². The Labute approximate surface area is 128 Å². The van der Waals surface area contributed by atoms with Crippen LogP contribution in [0.25, 0.3) is 0 Å². The minimum Gasteiger partial charge on any atom is -0.385 e. The van der Waals surface area contributed by atoms with Gasteiger partial charge in [-0.25, -0.2) is 13.1 Å². The van der Waals surface area contributed by atoms with Crippen molar-refractivity contribution in [1.82, 2.24) is 10.0 Å². The highest BCUT2D eigenvalue weighted by Crippen LogP contribution is 2.20. The summed E-state index contributed by atoms with van der Waals surface area (Å²) in [4.78, 5) is 0.366. The first-order chi connectivity index (χ1) is 9.92. The molecule has 0 radical (unpaired) electrons. The number of hydrogen-bond acceptors (Lipinski definition) is 4. The molecular weight excluding hydrogens is 288 g/mol. The molecule has 0 saturated carbocycles. The summed E-state index contributed by atoms with van der Waals surface area (Å²) < 4.78 is 32.4. The number of rotatable bonds is 9. The predicted octanol–water partition coefficient (Wildman–Crippen LogP) is 1.73. The fourth-order valence-electron chi connectivity index (χ4n) is 2.20. The molecule has 0 aliphatic rings. The number of unbranched alkanes of at least 4 members (excludes halogenated alkanes) is 1. The third kappa shape index (κ3) is 5.39. The van der Waals surface area contributed by atoms with Crippen LogP contribution >= 0.6 is 0 Å². The molecule has 0 aromatic heterocycles. The lowest BCUT2D eigenvalue weighted by atomic mass is 10.1. The Kier molecular flexibility index (Phi) is 7.31. The molecule has 0 bridgehead atoms. The number of methoxy groups -OCH3 is 1. The molecule has 0 fully saturated rings. The fourth-order valence-corrected chi connectivity index (χ4v) is 3.55. The molecule has 1 aromatic rings. The standard InChI is InChI=1S/C15H26N2O3S/c1-12-9-13(2)15(10-14(12)11-16-3)21(18,19)17-7-5-6-8-20-4/h9-10,16-17H,5-8,11H2,1-4H3. The first-order valence-corrected chi connectivity index (χ1v) is 8.64. The van der Waals surface area contributed by atoms with Gasteiger partial charge in [0.25, 0.3) is 0 Å². The van der Waals surface area contributed by atoms with Crippen molar-refractivity contribution in [2.45, 2.75) is 38.1 Å². The smallest absolute Gasteiger partial charge is 0.240 e. The van der Waals surface area contributed by atoms with Crippen LogP contribution in [0.15, 0.2) is 17.0 Å². The Balaban J connectivity index is 2.84. The monoisotopic (exact) mass is 314 g/mol. The lowest BCUT2D eigenvalue weighted by Crippen LogP contribution is -2.26. The van der Waals surface area contributed by atoms with Crippen molar-refractivity contribution < 1.29 is 13.2 Å². The molecule has 0 saturated heterocycles. The van der Waals surface area contributed by atoms with E-state index in [2.05, 4.69) is 10.0 Å². The van der Waals surface area contributed by atoms with Crippen LogP contribution in [0, 0.1) is 13.8 Å². The largest absolute Gasteiger partial charge is 0.385 e. The fraction of sp³-hybridized carbons (Fsp3) is 0.600. The van der Waals surface area contributed by atoms with E-state index in [0.29, 0.717) is 24.6 Å². The van der Waals surface area contributed by atoms with Gasteiger partial charge in [-0.05, 0) is 56.5 Å². The summed E-state index contributed by atoms with van der Waals surface area (Å²) in [5.74, 6) is 0. The van der Waals surface area contributed by atoms with Gasteiger partial charge in [0.05, 0.1) is 4.90 Å². The van der Waals surface area contributed by atoms with E-state index in [1.54, 1.807) is 13.2 Å². The van der Waals surface area contributed by atoms with Crippen molar-refractivity contribution in [2.24, 2.45) is 0 Å². The molecule has 0 heterocycles. The lowest BCUT2D eigenvalue weighted by Gasteiger charge is -2.13. The summed E-state index contributed by atoms with van der Waals surface area (Å²) in [5, 5.41) is 3.06. The molecular formula is C15H26N2O3S. The van der Waals surface area contributed by atoms with E-state index in [1.165, 1.54) is 0 Å². The molecule has 0 atom stereocenters. The Morgan fingerprint density at radius 1 is 1.14 bits per heavy atom. The van der Waals surface area contributed by atoms with Gasteiger partial charge in [-0.15, -0.1) is 0 Å². The van der Waals surface area contributed by atoms with Gasteiger partial charge in [-0.2, -0.15) is 0 Å². The number of sulfonamides is 1. The van der Waals surface area contributed by atoms with Crippen molar-refractivity contribution in [1.29, 1.82) is 0 Å². The average Bonchev–Trinajstić information content (AvgIpc) is 2.41. The molecule has 0 aliphatic heterocycles. The van der Waals surface area contributed by atoms with Gasteiger partial charge in [-0.1, -0.05) is 6.07 Å². The molecule has 2 N–H and O–H groups in total. The zero-order chi connectivity index (χ0) is 15.9. The number of aryl methyl sites for hydroxylation is 2. The van der Waals surface area contributed by atoms with Crippen LogP contribution in [0.5, 0.6) is 0 Å². The highest BCUT2D eigenvalue weighted by atomic mass is 32.2. The summed E-state index contributed by atoms with van der Waals surface area (Å²) in [5.41, 5.74) is 2.88. The maximum Gasteiger partial charge on any atom is 0.240 e. The maximum absolute atomic E-state index is 12.4. The Bertz CT molecular complexity index is 556. The van der Waals surface area contributed by atoms with Crippen LogP contribution in [0.3, 0.4) is 0 Å². The number of ether oxygens (including phenoxy) is 1. The third-order valence-corrected chi connectivity index (χ3v) is 4.96. The molecule has 0 unspecified atom stereocenters. The van der Waals surface area contributed by atoms with Crippen molar-refractivity contribution in [3.63, 3.8) is 0 Å². The number of nitrogens with one attached hydrogen (secondary N) is 2. The Morgan fingerprint density at radius 3 is 2.48 bits per heavy atom. The molecule has 1 aromatic carbocycles. The van der Waals surface area contributed by atoms with Gasteiger partial charge in [-0.3, -0.25) is 0 Å². The van der Waals surface area contributed by atoms with Crippen LogP contribution < -0.4 is 10.0 Å². The van der Waals surface area contributed by atoms with E-state index in [0.717, 1.165) is 29.5 Å². The summed E-state index contributed by atoms with van der Waals surface area (Å²) in [6.07, 6.45) is 1.61. The second-order valence-electron chi connectivity index (χ2n) is 5.17. The number of benzene rings is 1. The first kappa shape index (κ1) is 18.1. The van der Waals surface area contributed by atoms with Gasteiger partial charge in [0.2, 0.25) is 10.0 Å². The van der Waals surface area contributed by atoms with Crippen LogP contribution in [-0.2, 0) is 21.3 Å². The topological polar surface area (TPSA) is 67.4 Å². The Hall–Kier alpha value is -0.950. The zero-order valence-electron chi connectivity index (χ0n) is 13.3. The molecule has 21 heavy (non-hydrogen) atoms.